The van der Waals surface area contributed by atoms with Gasteiger partial charge in [-0.25, -0.2) is 4.79 Å². The number of carbonyl (C=O) groups is 2. The third kappa shape index (κ3) is 2.51. The topological polar surface area (TPSA) is 68.5 Å². The summed E-state index contributed by atoms with van der Waals surface area (Å²) in [7, 11) is 1.19. The average molecular weight is 261 g/mol. The van der Waals surface area contributed by atoms with E-state index in [1.165, 1.54) is 7.11 Å². The molecule has 1 aromatic carbocycles. The highest BCUT2D eigenvalue weighted by molar-refractivity contribution is 6.42. The number of Topliss-reactive ketones (excluding diaryl/α,β-unsaturated/α-hetero) is 1. The molecule has 0 spiro atoms. The van der Waals surface area contributed by atoms with Crippen molar-refractivity contribution in [3.05, 3.63) is 36.0 Å². The Morgan fingerprint density at radius 2 is 2.05 bits per heavy atom. The first-order valence-corrected chi connectivity index (χ1v) is 6.00. The molecule has 5 nitrogen and oxygen atoms in total. The van der Waals surface area contributed by atoms with Crippen LogP contribution >= 0.6 is 0 Å². The van der Waals surface area contributed by atoms with Crippen molar-refractivity contribution in [2.24, 2.45) is 0 Å². The normalized spacial score (nSPS) is 10.6. The van der Waals surface area contributed by atoms with Gasteiger partial charge in [0, 0.05) is 30.3 Å². The van der Waals surface area contributed by atoms with Gasteiger partial charge in [-0.1, -0.05) is 18.2 Å². The summed E-state index contributed by atoms with van der Waals surface area (Å²) in [6.45, 7) is 0.665. The number of para-hydroxylation sites is 1. The Kier molecular flexibility index (Phi) is 3.97. The molecule has 1 N–H and O–H groups in total. The molecule has 2 aromatic rings. The number of ketones is 1. The van der Waals surface area contributed by atoms with Crippen molar-refractivity contribution in [2.45, 2.75) is 13.0 Å². The Morgan fingerprint density at radius 3 is 2.74 bits per heavy atom. The molecule has 0 fully saturated rings. The van der Waals surface area contributed by atoms with E-state index in [0.29, 0.717) is 18.5 Å². The molecule has 1 heterocycles. The first-order valence-electron chi connectivity index (χ1n) is 6.00. The molecular weight excluding hydrogens is 246 g/mol. The van der Waals surface area contributed by atoms with Crippen LogP contribution in [-0.4, -0.2) is 35.1 Å². The van der Waals surface area contributed by atoms with Crippen molar-refractivity contribution >= 4 is 22.7 Å². The Labute approximate surface area is 110 Å². The third-order valence-corrected chi connectivity index (χ3v) is 2.96. The maximum absolute atomic E-state index is 11.9. The first kappa shape index (κ1) is 13.3. The molecule has 0 atom stereocenters. The van der Waals surface area contributed by atoms with Crippen LogP contribution < -0.4 is 0 Å². The Bertz CT molecular complexity index is 615. The van der Waals surface area contributed by atoms with Crippen LogP contribution in [0.4, 0.5) is 0 Å². The molecular formula is C14H15NO4. The number of aliphatic hydroxyl groups excluding tert-OH is 1. The summed E-state index contributed by atoms with van der Waals surface area (Å²) in [6, 6.07) is 7.35. The van der Waals surface area contributed by atoms with Gasteiger partial charge in [-0.3, -0.25) is 4.79 Å². The molecule has 0 aliphatic carbocycles. The summed E-state index contributed by atoms with van der Waals surface area (Å²) in [5.74, 6) is -1.52. The van der Waals surface area contributed by atoms with E-state index in [0.717, 1.165) is 10.9 Å². The number of rotatable bonds is 5. The second-order valence-electron chi connectivity index (χ2n) is 4.15. The van der Waals surface area contributed by atoms with E-state index in [-0.39, 0.29) is 6.61 Å². The number of hydrogen-bond donors (Lipinski definition) is 1. The highest BCUT2D eigenvalue weighted by atomic mass is 16.5. The zero-order valence-corrected chi connectivity index (χ0v) is 10.6. The number of fused-ring (bicyclic) bond motifs is 1. The van der Waals surface area contributed by atoms with Crippen molar-refractivity contribution in [2.75, 3.05) is 13.7 Å². The number of hydrogen-bond acceptors (Lipinski definition) is 4. The van der Waals surface area contributed by atoms with Gasteiger partial charge in [0.1, 0.15) is 0 Å². The fraction of sp³-hybridized carbons (Fsp3) is 0.286. The molecule has 19 heavy (non-hydrogen) atoms. The van der Waals surface area contributed by atoms with Crippen LogP contribution in [0.15, 0.2) is 30.5 Å². The van der Waals surface area contributed by atoms with Gasteiger partial charge in [-0.2, -0.15) is 0 Å². The number of aryl methyl sites for hydroxylation is 1. The summed E-state index contributed by atoms with van der Waals surface area (Å²) in [5.41, 5.74) is 1.20. The standard InChI is InChI=1S/C14H15NO4/c1-19-14(18)13(17)11-9-15(7-4-8-16)12-6-3-2-5-10(11)12/h2-3,5-6,9,16H,4,7-8H2,1H3. The zero-order chi connectivity index (χ0) is 13.8. The van der Waals surface area contributed by atoms with E-state index in [2.05, 4.69) is 4.74 Å². The minimum absolute atomic E-state index is 0.0762. The predicted molar refractivity (Wildman–Crippen MR) is 70.0 cm³/mol. The van der Waals surface area contributed by atoms with Crippen LogP contribution in [-0.2, 0) is 16.1 Å². The second-order valence-corrected chi connectivity index (χ2v) is 4.15. The lowest BCUT2D eigenvalue weighted by atomic mass is 10.1. The number of aromatic nitrogens is 1. The molecule has 2 rings (SSSR count). The van der Waals surface area contributed by atoms with Gasteiger partial charge < -0.3 is 14.4 Å². The van der Waals surface area contributed by atoms with Crippen molar-refractivity contribution in [3.8, 4) is 0 Å². The number of ether oxygens (including phenoxy) is 1. The summed E-state index contributed by atoms with van der Waals surface area (Å²) >= 11 is 0. The lowest BCUT2D eigenvalue weighted by Crippen LogP contribution is -2.15. The van der Waals surface area contributed by atoms with Gasteiger partial charge in [-0.05, 0) is 12.5 Å². The predicted octanol–water partition coefficient (Wildman–Crippen LogP) is 1.38. The van der Waals surface area contributed by atoms with Crippen LogP contribution in [0.25, 0.3) is 10.9 Å². The van der Waals surface area contributed by atoms with Crippen molar-refractivity contribution in [3.63, 3.8) is 0 Å². The summed E-state index contributed by atoms with van der Waals surface area (Å²) in [5, 5.41) is 9.61. The zero-order valence-electron chi connectivity index (χ0n) is 10.6. The van der Waals surface area contributed by atoms with Crippen molar-refractivity contribution in [1.82, 2.24) is 4.57 Å². The Hall–Kier alpha value is -2.14. The fourth-order valence-electron chi connectivity index (χ4n) is 2.06. The molecule has 0 aliphatic heterocycles. The third-order valence-electron chi connectivity index (χ3n) is 2.96. The Balaban J connectivity index is 2.49. The highest BCUT2D eigenvalue weighted by Gasteiger charge is 2.21. The molecule has 0 bridgehead atoms. The number of methoxy groups -OCH3 is 1. The van der Waals surface area contributed by atoms with Crippen LogP contribution in [0.1, 0.15) is 16.8 Å². The van der Waals surface area contributed by atoms with Crippen molar-refractivity contribution < 1.29 is 19.4 Å². The van der Waals surface area contributed by atoms with Gasteiger partial charge in [0.15, 0.2) is 0 Å². The first-order chi connectivity index (χ1) is 9.19. The van der Waals surface area contributed by atoms with E-state index in [9.17, 15) is 9.59 Å². The van der Waals surface area contributed by atoms with E-state index in [1.54, 1.807) is 12.3 Å². The number of nitrogens with zero attached hydrogens (tertiary/aromatic N) is 1. The molecule has 0 amide bonds. The lowest BCUT2D eigenvalue weighted by Gasteiger charge is -2.02. The molecule has 1 aromatic heterocycles. The molecule has 0 radical (unpaired) electrons. The molecule has 0 saturated carbocycles. The summed E-state index contributed by atoms with van der Waals surface area (Å²) in [4.78, 5) is 23.3. The minimum Gasteiger partial charge on any atom is -0.463 e. The highest BCUT2D eigenvalue weighted by Crippen LogP contribution is 2.22. The van der Waals surface area contributed by atoms with Gasteiger partial charge in [0.05, 0.1) is 12.7 Å². The van der Waals surface area contributed by atoms with Crippen LogP contribution in [0.2, 0.25) is 0 Å². The molecule has 5 heteroatoms. The second kappa shape index (κ2) is 5.67. The fourth-order valence-corrected chi connectivity index (χ4v) is 2.06. The van der Waals surface area contributed by atoms with Gasteiger partial charge in [0.2, 0.25) is 0 Å². The summed E-state index contributed by atoms with van der Waals surface area (Å²) in [6.07, 6.45) is 2.23. The molecule has 0 aliphatic rings. The number of aliphatic hydroxyl groups is 1. The lowest BCUT2D eigenvalue weighted by molar-refractivity contribution is -0.135. The summed E-state index contributed by atoms with van der Waals surface area (Å²) < 4.78 is 6.33. The number of benzene rings is 1. The molecule has 100 valence electrons. The maximum atomic E-state index is 11.9. The Morgan fingerprint density at radius 1 is 1.32 bits per heavy atom. The number of esters is 1. The van der Waals surface area contributed by atoms with Crippen LogP contribution in [0.5, 0.6) is 0 Å². The van der Waals surface area contributed by atoms with E-state index in [4.69, 9.17) is 5.11 Å². The van der Waals surface area contributed by atoms with Crippen LogP contribution in [0.3, 0.4) is 0 Å². The molecule has 0 saturated heterocycles. The van der Waals surface area contributed by atoms with E-state index < -0.39 is 11.8 Å². The van der Waals surface area contributed by atoms with Crippen LogP contribution in [0, 0.1) is 0 Å². The van der Waals surface area contributed by atoms with Gasteiger partial charge in [0.25, 0.3) is 5.78 Å². The number of carbonyl (C=O) groups excluding carboxylic acids is 2. The monoisotopic (exact) mass is 261 g/mol. The van der Waals surface area contributed by atoms with Gasteiger partial charge in [-0.15, -0.1) is 0 Å². The van der Waals surface area contributed by atoms with E-state index in [1.807, 2.05) is 22.8 Å². The SMILES string of the molecule is COC(=O)C(=O)c1cn(CCCO)c2ccccc12. The maximum Gasteiger partial charge on any atom is 0.379 e. The molecule has 0 unspecified atom stereocenters. The largest absolute Gasteiger partial charge is 0.463 e. The average Bonchev–Trinajstić information content (AvgIpc) is 2.82. The van der Waals surface area contributed by atoms with Gasteiger partial charge >= 0.3 is 5.97 Å². The van der Waals surface area contributed by atoms with E-state index >= 15 is 0 Å². The van der Waals surface area contributed by atoms with Crippen molar-refractivity contribution in [1.29, 1.82) is 0 Å². The minimum atomic E-state index is -0.870. The quantitative estimate of drug-likeness (QED) is 0.501. The smallest absolute Gasteiger partial charge is 0.379 e.